The van der Waals surface area contributed by atoms with Gasteiger partial charge in [0.1, 0.15) is 0 Å². The van der Waals surface area contributed by atoms with Crippen LogP contribution in [0.3, 0.4) is 0 Å². The van der Waals surface area contributed by atoms with Gasteiger partial charge in [-0.05, 0) is 42.5 Å². The highest BCUT2D eigenvalue weighted by Crippen LogP contribution is 2.33. The summed E-state index contributed by atoms with van der Waals surface area (Å²) < 4.78 is 9.12. The second-order valence-corrected chi connectivity index (χ2v) is 7.76. The third-order valence-electron chi connectivity index (χ3n) is 4.29. The van der Waals surface area contributed by atoms with E-state index in [1.165, 1.54) is 18.9 Å². The summed E-state index contributed by atoms with van der Waals surface area (Å²) in [6.07, 6.45) is -1.79. The quantitative estimate of drug-likeness (QED) is 0.350. The molecule has 9 nitrogen and oxygen atoms in total. The Hall–Kier alpha value is -4.31. The Morgan fingerprint density at radius 3 is 2.09 bits per heavy atom. The second kappa shape index (κ2) is 12.1. The number of anilines is 2. The standard InChI is InChI=1S/C24H22N4O5S/c1-32-23(30)27-22(28-24(31)33-2)26-19-14-13-18(34-17-11-7-4-8-12-17)15-20(19)25-21(29)16-9-5-3-6-10-16/h3-15H,1-2H3,(H,25,29)(H2,26,27,28,30,31). The fraction of sp³-hybridized carbons (Fsp3) is 0.0833. The van der Waals surface area contributed by atoms with E-state index in [0.717, 1.165) is 16.9 Å². The molecule has 0 aliphatic rings. The molecule has 0 unspecified atom stereocenters. The maximum atomic E-state index is 12.8. The van der Waals surface area contributed by atoms with Gasteiger partial charge in [-0.15, -0.1) is 4.99 Å². The van der Waals surface area contributed by atoms with Gasteiger partial charge in [0, 0.05) is 15.4 Å². The molecule has 0 saturated carbocycles. The van der Waals surface area contributed by atoms with Crippen molar-refractivity contribution in [1.29, 1.82) is 0 Å². The molecule has 3 rings (SSSR count). The fourth-order valence-corrected chi connectivity index (χ4v) is 3.59. The number of rotatable bonds is 5. The number of aliphatic imine (C=N–C) groups is 1. The van der Waals surface area contributed by atoms with Gasteiger partial charge >= 0.3 is 12.2 Å². The van der Waals surface area contributed by atoms with E-state index >= 15 is 0 Å². The predicted molar refractivity (Wildman–Crippen MR) is 130 cm³/mol. The van der Waals surface area contributed by atoms with Gasteiger partial charge in [0.2, 0.25) is 5.96 Å². The molecule has 3 N–H and O–H groups in total. The van der Waals surface area contributed by atoms with E-state index in [0.29, 0.717) is 16.9 Å². The fourth-order valence-electron chi connectivity index (χ4n) is 2.71. The second-order valence-electron chi connectivity index (χ2n) is 6.61. The highest BCUT2D eigenvalue weighted by atomic mass is 32.2. The Balaban J connectivity index is 1.94. The van der Waals surface area contributed by atoms with Crippen LogP contribution in [0, 0.1) is 0 Å². The first-order valence-corrected chi connectivity index (χ1v) is 10.8. The molecule has 0 radical (unpaired) electrons. The van der Waals surface area contributed by atoms with Crippen LogP contribution in [0.5, 0.6) is 0 Å². The summed E-state index contributed by atoms with van der Waals surface area (Å²) in [5.74, 6) is -0.574. The number of nitrogens with one attached hydrogen (secondary N) is 3. The molecule has 34 heavy (non-hydrogen) atoms. The molecule has 0 bridgehead atoms. The first-order valence-electron chi connectivity index (χ1n) is 10.0. The van der Waals surface area contributed by atoms with Crippen LogP contribution in [0.1, 0.15) is 10.4 Å². The number of ether oxygens (including phenoxy) is 2. The molecule has 3 aromatic rings. The van der Waals surface area contributed by atoms with E-state index < -0.39 is 12.2 Å². The lowest BCUT2D eigenvalue weighted by molar-refractivity contribution is 0.102. The van der Waals surface area contributed by atoms with Crippen LogP contribution in [0.25, 0.3) is 0 Å². The number of amides is 3. The van der Waals surface area contributed by atoms with Crippen LogP contribution < -0.4 is 16.0 Å². The minimum absolute atomic E-state index is 0.239. The van der Waals surface area contributed by atoms with Gasteiger partial charge in [0.25, 0.3) is 5.91 Å². The Labute approximate surface area is 200 Å². The summed E-state index contributed by atoms with van der Waals surface area (Å²) in [5, 5.41) is 8.01. The van der Waals surface area contributed by atoms with Crippen LogP contribution in [0.15, 0.2) is 93.6 Å². The van der Waals surface area contributed by atoms with Gasteiger partial charge in [-0.1, -0.05) is 48.2 Å². The van der Waals surface area contributed by atoms with Crippen LogP contribution in [0.2, 0.25) is 0 Å². The van der Waals surface area contributed by atoms with Crippen LogP contribution >= 0.6 is 11.8 Å². The van der Waals surface area contributed by atoms with Crippen molar-refractivity contribution in [3.63, 3.8) is 0 Å². The molecule has 3 amide bonds. The smallest absolute Gasteiger partial charge is 0.436 e. The number of carbonyl (C=O) groups is 3. The average Bonchev–Trinajstić information content (AvgIpc) is 2.86. The molecular weight excluding hydrogens is 456 g/mol. The van der Waals surface area contributed by atoms with Crippen LogP contribution in [-0.2, 0) is 9.47 Å². The Morgan fingerprint density at radius 2 is 1.44 bits per heavy atom. The summed E-state index contributed by atoms with van der Waals surface area (Å²) >= 11 is 1.51. The first kappa shape index (κ1) is 24.3. The lowest BCUT2D eigenvalue weighted by Crippen LogP contribution is -2.36. The highest BCUT2D eigenvalue weighted by Gasteiger charge is 2.15. The first-order chi connectivity index (χ1) is 16.5. The molecule has 0 atom stereocenters. The molecule has 10 heteroatoms. The summed E-state index contributed by atoms with van der Waals surface area (Å²) in [6.45, 7) is 0. The lowest BCUT2D eigenvalue weighted by atomic mass is 10.2. The van der Waals surface area contributed by atoms with Crippen molar-refractivity contribution in [2.75, 3.05) is 24.9 Å². The van der Waals surface area contributed by atoms with Crippen LogP contribution in [0.4, 0.5) is 21.0 Å². The number of methoxy groups -OCH3 is 2. The molecule has 0 aromatic heterocycles. The molecule has 0 aliphatic carbocycles. The molecule has 3 aromatic carbocycles. The van der Waals surface area contributed by atoms with Crippen molar-refractivity contribution in [2.45, 2.75) is 9.79 Å². The highest BCUT2D eigenvalue weighted by molar-refractivity contribution is 7.99. The predicted octanol–water partition coefficient (Wildman–Crippen LogP) is 4.98. The van der Waals surface area contributed by atoms with Crippen molar-refractivity contribution in [3.8, 4) is 0 Å². The molecule has 0 aliphatic heterocycles. The number of benzene rings is 3. The molecule has 0 heterocycles. The summed E-state index contributed by atoms with van der Waals surface area (Å²) in [5.41, 5.74) is 1.24. The number of carbonyl (C=O) groups excluding carboxylic acids is 3. The average molecular weight is 479 g/mol. The summed E-state index contributed by atoms with van der Waals surface area (Å²) in [7, 11) is 2.33. The van der Waals surface area contributed by atoms with Gasteiger partial charge in [-0.3, -0.25) is 10.1 Å². The molecule has 0 spiro atoms. The summed E-state index contributed by atoms with van der Waals surface area (Å²) in [6, 6.07) is 23.7. The van der Waals surface area contributed by atoms with E-state index in [4.69, 9.17) is 0 Å². The normalized spacial score (nSPS) is 10.7. The molecule has 0 saturated heterocycles. The van der Waals surface area contributed by atoms with Crippen molar-refractivity contribution in [3.05, 3.63) is 84.4 Å². The van der Waals surface area contributed by atoms with Crippen molar-refractivity contribution >= 4 is 47.2 Å². The monoisotopic (exact) mass is 478 g/mol. The number of guanidine groups is 1. The van der Waals surface area contributed by atoms with E-state index in [9.17, 15) is 14.4 Å². The van der Waals surface area contributed by atoms with Crippen LogP contribution in [-0.4, -0.2) is 38.3 Å². The Morgan fingerprint density at radius 1 is 0.765 bits per heavy atom. The number of hydrogen-bond acceptors (Lipinski definition) is 6. The zero-order valence-corrected chi connectivity index (χ0v) is 19.2. The SMILES string of the molecule is COC(=O)/N=C(/NC(=O)OC)Nc1ccc(Sc2ccccc2)cc1NC(=O)c1ccccc1. The lowest BCUT2D eigenvalue weighted by Gasteiger charge is -2.16. The van der Waals surface area contributed by atoms with Crippen molar-refractivity contribution in [2.24, 2.45) is 4.99 Å². The van der Waals surface area contributed by atoms with Gasteiger partial charge in [-0.2, -0.15) is 0 Å². The molecule has 174 valence electrons. The number of alkyl carbamates (subject to hydrolysis) is 1. The Kier molecular flexibility index (Phi) is 8.64. The number of nitrogens with zero attached hydrogens (tertiary/aromatic N) is 1. The van der Waals surface area contributed by atoms with Gasteiger partial charge < -0.3 is 20.1 Å². The zero-order chi connectivity index (χ0) is 24.3. The Bertz CT molecular complexity index is 1190. The third-order valence-corrected chi connectivity index (χ3v) is 5.29. The maximum Gasteiger partial charge on any atom is 0.436 e. The van der Waals surface area contributed by atoms with E-state index in [1.54, 1.807) is 36.4 Å². The third kappa shape index (κ3) is 7.10. The number of hydrogen-bond donors (Lipinski definition) is 3. The minimum Gasteiger partial charge on any atom is -0.453 e. The van der Waals surface area contributed by atoms with Crippen molar-refractivity contribution < 1.29 is 23.9 Å². The van der Waals surface area contributed by atoms with Gasteiger partial charge in [0.05, 0.1) is 25.6 Å². The molecular formula is C24H22N4O5S. The van der Waals surface area contributed by atoms with Crippen molar-refractivity contribution in [1.82, 2.24) is 5.32 Å². The molecule has 0 fully saturated rings. The van der Waals surface area contributed by atoms with E-state index in [-0.39, 0.29) is 11.9 Å². The minimum atomic E-state index is -0.940. The maximum absolute atomic E-state index is 12.8. The summed E-state index contributed by atoms with van der Waals surface area (Å²) in [4.78, 5) is 41.7. The van der Waals surface area contributed by atoms with Gasteiger partial charge in [0.15, 0.2) is 0 Å². The topological polar surface area (TPSA) is 118 Å². The largest absolute Gasteiger partial charge is 0.453 e. The van der Waals surface area contributed by atoms with Gasteiger partial charge in [-0.25, -0.2) is 9.59 Å². The van der Waals surface area contributed by atoms with E-state index in [1.807, 2.05) is 42.5 Å². The zero-order valence-electron chi connectivity index (χ0n) is 18.4. The van der Waals surface area contributed by atoms with E-state index in [2.05, 4.69) is 30.4 Å².